The first-order chi connectivity index (χ1) is 39.6. The second-order valence-electron chi connectivity index (χ2n) is 22.9. The monoisotopic (exact) mass is 1110 g/mol. The molecular weight excluding hydrogens is 981 g/mol. The normalized spacial score (nSPS) is 12.9. The highest BCUT2D eigenvalue weighted by Crippen LogP contribution is 2.17. The minimum absolute atomic E-state index is 0.0667. The molecule has 0 spiro atoms. The van der Waals surface area contributed by atoms with E-state index in [0.717, 1.165) is 89.9 Å². The van der Waals surface area contributed by atoms with Crippen LogP contribution < -0.4 is 0 Å². The van der Waals surface area contributed by atoms with Gasteiger partial charge in [0.1, 0.15) is 6.61 Å². The Kier molecular flexibility index (Phi) is 66.8. The van der Waals surface area contributed by atoms with Gasteiger partial charge in [0.15, 0.2) is 6.10 Å². The predicted octanol–water partition coefficient (Wildman–Crippen LogP) is 24.0. The molecule has 0 saturated heterocycles. The van der Waals surface area contributed by atoms with Gasteiger partial charge in [-0.25, -0.2) is 0 Å². The van der Waals surface area contributed by atoms with Crippen molar-refractivity contribution in [2.45, 2.75) is 341 Å². The average molecular weight is 1110 g/mol. The van der Waals surface area contributed by atoms with Gasteiger partial charge in [0.2, 0.25) is 0 Å². The summed E-state index contributed by atoms with van der Waals surface area (Å²) in [4.78, 5) is 24.7. The lowest BCUT2D eigenvalue weighted by Crippen LogP contribution is -2.28. The van der Waals surface area contributed by atoms with Gasteiger partial charge in [-0.1, -0.05) is 329 Å². The van der Waals surface area contributed by atoms with Crippen molar-refractivity contribution in [2.75, 3.05) is 13.2 Å². The standard InChI is InChI=1S/C75H130O5/c1-3-5-7-9-11-13-15-17-19-21-23-25-27-29-31-33-35-36-37-38-40-42-44-46-48-50-52-54-56-58-60-62-64-66-68-70-75(78)80-73(71-76)72-79-74(77)69-67-65-63-61-59-57-55-53-51-49-47-45-43-41-39-34-32-30-28-26-24-22-20-18-16-14-12-10-8-6-4-2/h5,7,11,13,16-19,22-25,28-31,35-36,73,76H,3-4,6,8-10,12,14-15,20-21,26-27,32-34,37-72H2,1-2H3/b7-5-,13-11-,18-16-,19-17-,24-22-,25-23-,30-28-,31-29-,36-35-. The highest BCUT2D eigenvalue weighted by molar-refractivity contribution is 5.70. The van der Waals surface area contributed by atoms with Gasteiger partial charge in [-0.2, -0.15) is 0 Å². The van der Waals surface area contributed by atoms with Crippen LogP contribution in [0.3, 0.4) is 0 Å². The summed E-state index contributed by atoms with van der Waals surface area (Å²) in [6.07, 6.45) is 101. The Hall–Kier alpha value is -3.44. The molecule has 0 aliphatic carbocycles. The van der Waals surface area contributed by atoms with E-state index in [1.54, 1.807) is 0 Å². The van der Waals surface area contributed by atoms with Gasteiger partial charge in [-0.05, 0) is 103 Å². The molecule has 5 heteroatoms. The molecule has 1 atom stereocenters. The third-order valence-corrected chi connectivity index (χ3v) is 15.1. The number of rotatable bonds is 63. The van der Waals surface area contributed by atoms with Gasteiger partial charge in [0, 0.05) is 12.8 Å². The summed E-state index contributed by atoms with van der Waals surface area (Å²) in [5.41, 5.74) is 0. The maximum Gasteiger partial charge on any atom is 0.306 e. The minimum Gasteiger partial charge on any atom is -0.462 e. The van der Waals surface area contributed by atoms with E-state index in [4.69, 9.17) is 9.47 Å². The van der Waals surface area contributed by atoms with E-state index < -0.39 is 6.10 Å². The van der Waals surface area contributed by atoms with E-state index in [0.29, 0.717) is 12.8 Å². The van der Waals surface area contributed by atoms with Crippen LogP contribution in [0.2, 0.25) is 0 Å². The topological polar surface area (TPSA) is 72.8 Å². The van der Waals surface area contributed by atoms with Crippen LogP contribution in [0.4, 0.5) is 0 Å². The number of unbranched alkanes of at least 4 members (excludes halogenated alkanes) is 37. The summed E-state index contributed by atoms with van der Waals surface area (Å²) < 4.78 is 10.8. The van der Waals surface area contributed by atoms with Crippen molar-refractivity contribution in [1.29, 1.82) is 0 Å². The van der Waals surface area contributed by atoms with Crippen LogP contribution in [0.5, 0.6) is 0 Å². The average Bonchev–Trinajstić information content (AvgIpc) is 3.46. The Morgan fingerprint density at radius 2 is 0.537 bits per heavy atom. The van der Waals surface area contributed by atoms with Gasteiger partial charge >= 0.3 is 11.9 Å². The molecule has 460 valence electrons. The third-order valence-electron chi connectivity index (χ3n) is 15.1. The lowest BCUT2D eigenvalue weighted by molar-refractivity contribution is -0.161. The van der Waals surface area contributed by atoms with Crippen molar-refractivity contribution in [3.63, 3.8) is 0 Å². The smallest absolute Gasteiger partial charge is 0.306 e. The van der Waals surface area contributed by atoms with Crippen LogP contribution in [-0.4, -0.2) is 36.4 Å². The number of carbonyl (C=O) groups excluding carboxylic acids is 2. The Morgan fingerprint density at radius 1 is 0.300 bits per heavy atom. The Morgan fingerprint density at radius 3 is 0.812 bits per heavy atom. The predicted molar refractivity (Wildman–Crippen MR) is 352 cm³/mol. The summed E-state index contributed by atoms with van der Waals surface area (Å²) in [5, 5.41) is 9.70. The van der Waals surface area contributed by atoms with E-state index >= 15 is 0 Å². The lowest BCUT2D eigenvalue weighted by Gasteiger charge is -2.15. The van der Waals surface area contributed by atoms with E-state index in [2.05, 4.69) is 123 Å². The molecule has 0 aliphatic rings. The van der Waals surface area contributed by atoms with Crippen molar-refractivity contribution in [1.82, 2.24) is 0 Å². The number of carbonyl (C=O) groups is 2. The van der Waals surface area contributed by atoms with Crippen molar-refractivity contribution in [3.05, 3.63) is 109 Å². The van der Waals surface area contributed by atoms with Crippen LogP contribution in [0.1, 0.15) is 335 Å². The first-order valence-corrected chi connectivity index (χ1v) is 34.4. The van der Waals surface area contributed by atoms with Crippen molar-refractivity contribution >= 4 is 11.9 Å². The molecule has 0 rings (SSSR count). The molecule has 0 bridgehead atoms. The molecule has 5 nitrogen and oxygen atoms in total. The minimum atomic E-state index is -0.778. The molecule has 0 aromatic rings. The fourth-order valence-corrected chi connectivity index (χ4v) is 9.92. The molecule has 0 fully saturated rings. The zero-order valence-corrected chi connectivity index (χ0v) is 52.8. The highest BCUT2D eigenvalue weighted by Gasteiger charge is 2.16. The first-order valence-electron chi connectivity index (χ1n) is 34.4. The molecule has 0 aromatic heterocycles. The van der Waals surface area contributed by atoms with E-state index in [9.17, 15) is 14.7 Å². The number of ether oxygens (including phenoxy) is 2. The van der Waals surface area contributed by atoms with Crippen LogP contribution in [0, 0.1) is 0 Å². The van der Waals surface area contributed by atoms with E-state index in [-0.39, 0.29) is 25.2 Å². The van der Waals surface area contributed by atoms with E-state index in [1.807, 2.05) is 0 Å². The summed E-state index contributed by atoms with van der Waals surface area (Å²) >= 11 is 0. The van der Waals surface area contributed by atoms with Gasteiger partial charge in [0.05, 0.1) is 6.61 Å². The number of aliphatic hydroxyl groups is 1. The number of allylic oxidation sites excluding steroid dienone is 18. The number of hydrogen-bond donors (Lipinski definition) is 1. The molecule has 80 heavy (non-hydrogen) atoms. The van der Waals surface area contributed by atoms with Crippen LogP contribution >= 0.6 is 0 Å². The van der Waals surface area contributed by atoms with E-state index in [1.165, 1.54) is 218 Å². The molecule has 0 aliphatic heterocycles. The zero-order valence-electron chi connectivity index (χ0n) is 52.8. The lowest BCUT2D eigenvalue weighted by atomic mass is 10.0. The van der Waals surface area contributed by atoms with Crippen LogP contribution in [-0.2, 0) is 19.1 Å². The van der Waals surface area contributed by atoms with Crippen molar-refractivity contribution in [2.24, 2.45) is 0 Å². The van der Waals surface area contributed by atoms with Crippen LogP contribution in [0.15, 0.2) is 109 Å². The fraction of sp³-hybridized carbons (Fsp3) is 0.733. The molecule has 1 N–H and O–H groups in total. The summed E-state index contributed by atoms with van der Waals surface area (Å²) in [5.74, 6) is -0.580. The molecule has 0 heterocycles. The number of aliphatic hydroxyl groups excluding tert-OH is 1. The molecule has 0 amide bonds. The van der Waals surface area contributed by atoms with Gasteiger partial charge in [0.25, 0.3) is 0 Å². The van der Waals surface area contributed by atoms with Crippen molar-refractivity contribution in [3.8, 4) is 0 Å². The quantitative estimate of drug-likeness (QED) is 0.0373. The zero-order chi connectivity index (χ0) is 57.6. The molecular formula is C75H130O5. The second-order valence-corrected chi connectivity index (χ2v) is 22.9. The summed E-state index contributed by atoms with van der Waals surface area (Å²) in [7, 11) is 0. The molecule has 0 radical (unpaired) electrons. The van der Waals surface area contributed by atoms with Crippen LogP contribution in [0.25, 0.3) is 0 Å². The SMILES string of the molecule is CC/C=C\C/C=C\C/C=C\C/C=C\C/C=C\C/C=C\CCCCCCCCCCCCCCCCCCC(=O)OC(CO)COC(=O)CCCCCCCCCCCCCCCCCC/C=C\C/C=C\C/C=C\CCCCCCC. The Labute approximate surface area is 497 Å². The van der Waals surface area contributed by atoms with Crippen molar-refractivity contribution < 1.29 is 24.2 Å². The first kappa shape index (κ1) is 76.6. The summed E-state index contributed by atoms with van der Waals surface area (Å²) in [6.45, 7) is 4.05. The summed E-state index contributed by atoms with van der Waals surface area (Å²) in [6, 6.07) is 0. The fourth-order valence-electron chi connectivity index (χ4n) is 9.92. The van der Waals surface area contributed by atoms with Gasteiger partial charge in [-0.3, -0.25) is 9.59 Å². The molecule has 0 saturated carbocycles. The Balaban J connectivity index is 3.46. The maximum absolute atomic E-state index is 12.4. The molecule has 1 unspecified atom stereocenters. The maximum atomic E-state index is 12.4. The molecule has 0 aromatic carbocycles. The number of hydrogen-bond acceptors (Lipinski definition) is 5. The number of esters is 2. The highest BCUT2D eigenvalue weighted by atomic mass is 16.6. The Bertz CT molecular complexity index is 1540. The third kappa shape index (κ3) is 67.1. The van der Waals surface area contributed by atoms with Gasteiger partial charge < -0.3 is 14.6 Å². The second kappa shape index (κ2) is 69.8. The van der Waals surface area contributed by atoms with Gasteiger partial charge in [-0.15, -0.1) is 0 Å². The largest absolute Gasteiger partial charge is 0.462 e.